The minimum Gasteiger partial charge on any atom is -0.393 e. The Labute approximate surface area is 104 Å². The molecule has 1 saturated heterocycles. The van der Waals surface area contributed by atoms with Crippen molar-refractivity contribution in [3.63, 3.8) is 0 Å². The zero-order valence-corrected chi connectivity index (χ0v) is 11.1. The second-order valence-corrected chi connectivity index (χ2v) is 5.38. The molecule has 1 fully saturated rings. The van der Waals surface area contributed by atoms with Crippen molar-refractivity contribution in [2.24, 2.45) is 5.92 Å². The van der Waals surface area contributed by atoms with Crippen molar-refractivity contribution in [1.29, 1.82) is 0 Å². The lowest BCUT2D eigenvalue weighted by Crippen LogP contribution is -2.24. The number of aliphatic hydroxyl groups is 1. The van der Waals surface area contributed by atoms with Crippen molar-refractivity contribution in [3.05, 3.63) is 34.9 Å². The molecule has 0 spiro atoms. The van der Waals surface area contributed by atoms with E-state index in [2.05, 4.69) is 36.9 Å². The van der Waals surface area contributed by atoms with Crippen LogP contribution in [0.2, 0.25) is 0 Å². The van der Waals surface area contributed by atoms with E-state index < -0.39 is 0 Å². The normalized spacial score (nSPS) is 22.9. The zero-order chi connectivity index (χ0) is 12.4. The number of benzene rings is 1. The summed E-state index contributed by atoms with van der Waals surface area (Å²) in [7, 11) is 0. The summed E-state index contributed by atoms with van der Waals surface area (Å²) in [6, 6.07) is 6.53. The maximum atomic E-state index is 9.61. The molecule has 2 heteroatoms. The van der Waals surface area contributed by atoms with E-state index in [0.29, 0.717) is 5.92 Å². The van der Waals surface area contributed by atoms with E-state index in [-0.39, 0.29) is 6.10 Å². The molecule has 17 heavy (non-hydrogen) atoms. The highest BCUT2D eigenvalue weighted by molar-refractivity contribution is 5.33. The molecule has 2 nitrogen and oxygen atoms in total. The minimum atomic E-state index is -0.168. The van der Waals surface area contributed by atoms with Crippen LogP contribution in [0.5, 0.6) is 0 Å². The molecule has 0 aliphatic carbocycles. The molecule has 0 amide bonds. The zero-order valence-electron chi connectivity index (χ0n) is 11.1. The van der Waals surface area contributed by atoms with Gasteiger partial charge in [-0.3, -0.25) is 4.90 Å². The third-order valence-corrected chi connectivity index (χ3v) is 4.10. The number of rotatable bonds is 3. The van der Waals surface area contributed by atoms with E-state index in [9.17, 15) is 5.11 Å². The van der Waals surface area contributed by atoms with Gasteiger partial charge in [0.25, 0.3) is 0 Å². The Kier molecular flexibility index (Phi) is 3.85. The van der Waals surface area contributed by atoms with Gasteiger partial charge in [0.05, 0.1) is 6.10 Å². The molecular weight excluding hydrogens is 210 g/mol. The molecule has 0 radical (unpaired) electrons. The SMILES string of the molecule is Cc1cccc(CN2CCC(C(C)O)C2)c1C. The summed E-state index contributed by atoms with van der Waals surface area (Å²) in [4.78, 5) is 2.46. The van der Waals surface area contributed by atoms with Gasteiger partial charge in [-0.1, -0.05) is 18.2 Å². The first-order valence-electron chi connectivity index (χ1n) is 6.53. The number of likely N-dealkylation sites (tertiary alicyclic amines) is 1. The van der Waals surface area contributed by atoms with Gasteiger partial charge in [-0.25, -0.2) is 0 Å². The van der Waals surface area contributed by atoms with E-state index in [1.165, 1.54) is 16.7 Å². The Balaban J connectivity index is 2.00. The third-order valence-electron chi connectivity index (χ3n) is 4.10. The van der Waals surface area contributed by atoms with Crippen LogP contribution in [0.3, 0.4) is 0 Å². The number of aliphatic hydroxyl groups excluding tert-OH is 1. The highest BCUT2D eigenvalue weighted by atomic mass is 16.3. The molecular formula is C15H23NO. The van der Waals surface area contributed by atoms with Gasteiger partial charge < -0.3 is 5.11 Å². The van der Waals surface area contributed by atoms with Crippen LogP contribution in [0.25, 0.3) is 0 Å². The fourth-order valence-electron chi connectivity index (χ4n) is 2.62. The van der Waals surface area contributed by atoms with E-state index in [1.54, 1.807) is 0 Å². The van der Waals surface area contributed by atoms with Gasteiger partial charge in [-0.15, -0.1) is 0 Å². The molecule has 1 aliphatic rings. The van der Waals surface area contributed by atoms with Crippen molar-refractivity contribution in [1.82, 2.24) is 4.90 Å². The lowest BCUT2D eigenvalue weighted by molar-refractivity contribution is 0.127. The Morgan fingerprint density at radius 3 is 2.82 bits per heavy atom. The van der Waals surface area contributed by atoms with Crippen molar-refractivity contribution in [3.8, 4) is 0 Å². The second kappa shape index (κ2) is 5.19. The minimum absolute atomic E-state index is 0.168. The first kappa shape index (κ1) is 12.6. The van der Waals surface area contributed by atoms with Gasteiger partial charge >= 0.3 is 0 Å². The van der Waals surface area contributed by atoms with Crippen molar-refractivity contribution >= 4 is 0 Å². The van der Waals surface area contributed by atoms with E-state index in [4.69, 9.17) is 0 Å². The van der Waals surface area contributed by atoms with Crippen LogP contribution in [-0.2, 0) is 6.54 Å². The number of hydrogen-bond donors (Lipinski definition) is 1. The lowest BCUT2D eigenvalue weighted by atomic mass is 10.0. The summed E-state index contributed by atoms with van der Waals surface area (Å²) in [6.45, 7) is 9.45. The summed E-state index contributed by atoms with van der Waals surface area (Å²) in [6.07, 6.45) is 0.960. The first-order chi connectivity index (χ1) is 8.08. The Morgan fingerprint density at radius 1 is 1.41 bits per heavy atom. The second-order valence-electron chi connectivity index (χ2n) is 5.38. The topological polar surface area (TPSA) is 23.5 Å². The van der Waals surface area contributed by atoms with Gasteiger partial charge in [-0.2, -0.15) is 0 Å². The Morgan fingerprint density at radius 2 is 2.18 bits per heavy atom. The summed E-state index contributed by atoms with van der Waals surface area (Å²) in [5, 5.41) is 9.61. The van der Waals surface area contributed by atoms with E-state index >= 15 is 0 Å². The number of nitrogens with zero attached hydrogens (tertiary/aromatic N) is 1. The van der Waals surface area contributed by atoms with Crippen LogP contribution < -0.4 is 0 Å². The lowest BCUT2D eigenvalue weighted by Gasteiger charge is -2.19. The smallest absolute Gasteiger partial charge is 0.0552 e. The molecule has 0 saturated carbocycles. The van der Waals surface area contributed by atoms with Crippen LogP contribution in [0.15, 0.2) is 18.2 Å². The van der Waals surface area contributed by atoms with Crippen molar-refractivity contribution in [2.45, 2.75) is 39.8 Å². The largest absolute Gasteiger partial charge is 0.393 e. The van der Waals surface area contributed by atoms with Crippen LogP contribution >= 0.6 is 0 Å². The van der Waals surface area contributed by atoms with Gasteiger partial charge in [0, 0.05) is 13.1 Å². The molecule has 0 bridgehead atoms. The summed E-state index contributed by atoms with van der Waals surface area (Å²) in [5.74, 6) is 0.458. The third kappa shape index (κ3) is 2.88. The predicted octanol–water partition coefficient (Wildman–Crippen LogP) is 2.51. The van der Waals surface area contributed by atoms with E-state index in [0.717, 1.165) is 26.1 Å². The van der Waals surface area contributed by atoms with Crippen LogP contribution in [0, 0.1) is 19.8 Å². The molecule has 1 heterocycles. The molecule has 2 rings (SSSR count). The highest BCUT2D eigenvalue weighted by Crippen LogP contribution is 2.23. The number of hydrogen-bond acceptors (Lipinski definition) is 2. The summed E-state index contributed by atoms with van der Waals surface area (Å²) < 4.78 is 0. The van der Waals surface area contributed by atoms with Crippen LogP contribution in [0.4, 0.5) is 0 Å². The van der Waals surface area contributed by atoms with Crippen molar-refractivity contribution < 1.29 is 5.11 Å². The van der Waals surface area contributed by atoms with E-state index in [1.807, 2.05) is 6.92 Å². The highest BCUT2D eigenvalue weighted by Gasteiger charge is 2.25. The molecule has 94 valence electrons. The quantitative estimate of drug-likeness (QED) is 0.867. The maximum Gasteiger partial charge on any atom is 0.0552 e. The monoisotopic (exact) mass is 233 g/mol. The molecule has 0 aromatic heterocycles. The van der Waals surface area contributed by atoms with Crippen molar-refractivity contribution in [2.75, 3.05) is 13.1 Å². The average Bonchev–Trinajstić information content (AvgIpc) is 2.73. The number of aryl methyl sites for hydroxylation is 1. The summed E-state index contributed by atoms with van der Waals surface area (Å²) in [5.41, 5.74) is 4.21. The van der Waals surface area contributed by atoms with Crippen LogP contribution in [-0.4, -0.2) is 29.2 Å². The van der Waals surface area contributed by atoms with Gasteiger partial charge in [0.2, 0.25) is 0 Å². The molecule has 1 N–H and O–H groups in total. The van der Waals surface area contributed by atoms with Gasteiger partial charge in [0.1, 0.15) is 0 Å². The van der Waals surface area contributed by atoms with Gasteiger partial charge in [0.15, 0.2) is 0 Å². The fraction of sp³-hybridized carbons (Fsp3) is 0.600. The summed E-state index contributed by atoms with van der Waals surface area (Å²) >= 11 is 0. The molecule has 1 aromatic carbocycles. The predicted molar refractivity (Wildman–Crippen MR) is 71.0 cm³/mol. The molecule has 1 aromatic rings. The molecule has 2 unspecified atom stereocenters. The van der Waals surface area contributed by atoms with Gasteiger partial charge in [-0.05, 0) is 56.3 Å². The first-order valence-corrected chi connectivity index (χ1v) is 6.53. The molecule has 2 atom stereocenters. The molecule has 1 aliphatic heterocycles. The Bertz CT molecular complexity index is 387. The maximum absolute atomic E-state index is 9.61. The average molecular weight is 233 g/mol. The Hall–Kier alpha value is -0.860. The standard InChI is InChI=1S/C15H23NO/c1-11-5-4-6-14(12(11)2)9-16-8-7-15(10-16)13(3)17/h4-6,13,15,17H,7-10H2,1-3H3. The van der Waals surface area contributed by atoms with Crippen LogP contribution in [0.1, 0.15) is 30.0 Å². The fourth-order valence-corrected chi connectivity index (χ4v) is 2.62.